The number of nitrogens with zero attached hydrogens (tertiary/aromatic N) is 2. The predicted molar refractivity (Wildman–Crippen MR) is 113 cm³/mol. The zero-order valence-electron chi connectivity index (χ0n) is 16.5. The van der Waals surface area contributed by atoms with E-state index >= 15 is 0 Å². The summed E-state index contributed by atoms with van der Waals surface area (Å²) < 4.78 is 5.38. The Labute approximate surface area is 165 Å². The Hall–Kier alpha value is -3.28. The van der Waals surface area contributed by atoms with Gasteiger partial charge in [0.1, 0.15) is 5.75 Å². The SMILES string of the molecule is CCCCN(C)c1ccc(C(=O)Nc2cc(-c3ccccc3OC)[nH]n2)cc1. The minimum absolute atomic E-state index is 0.194. The molecule has 0 aliphatic heterocycles. The molecule has 0 aliphatic carbocycles. The Kier molecular flexibility index (Phi) is 6.32. The number of hydrogen-bond acceptors (Lipinski definition) is 4. The number of H-pyrrole nitrogens is 1. The third-order valence-corrected chi connectivity index (χ3v) is 4.63. The third kappa shape index (κ3) is 4.52. The molecule has 0 aliphatic rings. The highest BCUT2D eigenvalue weighted by atomic mass is 16.5. The number of ether oxygens (including phenoxy) is 1. The molecule has 0 saturated heterocycles. The Morgan fingerprint density at radius 1 is 1.18 bits per heavy atom. The lowest BCUT2D eigenvalue weighted by Gasteiger charge is -2.19. The highest BCUT2D eigenvalue weighted by Gasteiger charge is 2.12. The molecule has 0 fully saturated rings. The van der Waals surface area contributed by atoms with E-state index < -0.39 is 0 Å². The maximum atomic E-state index is 12.5. The van der Waals surface area contributed by atoms with Crippen LogP contribution < -0.4 is 15.0 Å². The number of aromatic nitrogens is 2. The van der Waals surface area contributed by atoms with Crippen molar-refractivity contribution in [1.82, 2.24) is 10.2 Å². The summed E-state index contributed by atoms with van der Waals surface area (Å²) in [4.78, 5) is 14.7. The standard InChI is InChI=1S/C22H26N4O2/c1-4-5-14-26(2)17-12-10-16(11-13-17)22(27)23-21-15-19(24-25-21)18-8-6-7-9-20(18)28-3/h6-13,15H,4-5,14H2,1-3H3,(H2,23,24,25,27). The van der Waals surface area contributed by atoms with Crippen molar-refractivity contribution in [3.05, 3.63) is 60.2 Å². The van der Waals surface area contributed by atoms with Crippen LogP contribution in [0.4, 0.5) is 11.5 Å². The Morgan fingerprint density at radius 2 is 1.93 bits per heavy atom. The number of carbonyl (C=O) groups is 1. The summed E-state index contributed by atoms with van der Waals surface area (Å²) in [5.74, 6) is 1.02. The van der Waals surface area contributed by atoms with Crippen LogP contribution in [0.5, 0.6) is 5.75 Å². The average Bonchev–Trinajstić information content (AvgIpc) is 3.20. The second kappa shape index (κ2) is 9.08. The summed E-state index contributed by atoms with van der Waals surface area (Å²) in [5, 5.41) is 9.97. The maximum Gasteiger partial charge on any atom is 0.256 e. The van der Waals surface area contributed by atoms with Crippen molar-refractivity contribution in [3.63, 3.8) is 0 Å². The monoisotopic (exact) mass is 378 g/mol. The van der Waals surface area contributed by atoms with Crippen LogP contribution in [0.15, 0.2) is 54.6 Å². The minimum Gasteiger partial charge on any atom is -0.496 e. The molecule has 2 N–H and O–H groups in total. The van der Waals surface area contributed by atoms with Crippen LogP contribution in [-0.4, -0.2) is 36.8 Å². The van der Waals surface area contributed by atoms with Crippen LogP contribution in [0.1, 0.15) is 30.1 Å². The second-order valence-corrected chi connectivity index (χ2v) is 6.64. The van der Waals surface area contributed by atoms with Gasteiger partial charge in [0.25, 0.3) is 5.91 Å². The quantitative estimate of drug-likeness (QED) is 0.602. The predicted octanol–water partition coefficient (Wildman–Crippen LogP) is 4.57. The van der Waals surface area contributed by atoms with Gasteiger partial charge in [-0.1, -0.05) is 25.5 Å². The van der Waals surface area contributed by atoms with Gasteiger partial charge >= 0.3 is 0 Å². The molecule has 3 rings (SSSR count). The molecule has 0 radical (unpaired) electrons. The van der Waals surface area contributed by atoms with E-state index in [9.17, 15) is 4.79 Å². The number of carbonyl (C=O) groups excluding carboxylic acids is 1. The topological polar surface area (TPSA) is 70.2 Å². The molecule has 1 heterocycles. The summed E-state index contributed by atoms with van der Waals surface area (Å²) in [6.45, 7) is 3.18. The van der Waals surface area contributed by atoms with E-state index in [4.69, 9.17) is 4.74 Å². The van der Waals surface area contributed by atoms with Gasteiger partial charge in [-0.05, 0) is 42.8 Å². The van der Waals surface area contributed by atoms with Gasteiger partial charge in [0.05, 0.1) is 12.8 Å². The number of para-hydroxylation sites is 1. The number of hydrogen-bond donors (Lipinski definition) is 2. The van der Waals surface area contributed by atoms with E-state index in [-0.39, 0.29) is 5.91 Å². The fraction of sp³-hybridized carbons (Fsp3) is 0.273. The molecule has 1 amide bonds. The van der Waals surface area contributed by atoms with Crippen molar-refractivity contribution in [3.8, 4) is 17.0 Å². The second-order valence-electron chi connectivity index (χ2n) is 6.64. The number of methoxy groups -OCH3 is 1. The molecule has 0 bridgehead atoms. The summed E-state index contributed by atoms with van der Waals surface area (Å²) in [6, 6.07) is 17.1. The molecule has 3 aromatic rings. The molecule has 0 unspecified atom stereocenters. The number of nitrogens with one attached hydrogen (secondary N) is 2. The molecular formula is C22H26N4O2. The van der Waals surface area contributed by atoms with Crippen LogP contribution >= 0.6 is 0 Å². The first-order valence-corrected chi connectivity index (χ1v) is 9.43. The first-order valence-electron chi connectivity index (χ1n) is 9.43. The molecule has 2 aromatic carbocycles. The maximum absolute atomic E-state index is 12.5. The Balaban J connectivity index is 1.68. The molecule has 6 nitrogen and oxygen atoms in total. The molecule has 146 valence electrons. The van der Waals surface area contributed by atoms with Crippen molar-refractivity contribution < 1.29 is 9.53 Å². The van der Waals surface area contributed by atoms with Crippen LogP contribution in [0, 0.1) is 0 Å². The van der Waals surface area contributed by atoms with Gasteiger partial charge in [-0.25, -0.2) is 0 Å². The van der Waals surface area contributed by atoms with Gasteiger partial charge < -0.3 is 15.0 Å². The van der Waals surface area contributed by atoms with Crippen molar-refractivity contribution >= 4 is 17.4 Å². The van der Waals surface area contributed by atoms with E-state index in [0.717, 1.165) is 42.1 Å². The van der Waals surface area contributed by atoms with Crippen LogP contribution in [-0.2, 0) is 0 Å². The van der Waals surface area contributed by atoms with Crippen molar-refractivity contribution in [2.75, 3.05) is 30.9 Å². The van der Waals surface area contributed by atoms with Gasteiger partial charge in [0.2, 0.25) is 0 Å². The van der Waals surface area contributed by atoms with Gasteiger partial charge in [0.15, 0.2) is 5.82 Å². The number of anilines is 2. The highest BCUT2D eigenvalue weighted by Crippen LogP contribution is 2.29. The van der Waals surface area contributed by atoms with Crippen molar-refractivity contribution in [2.24, 2.45) is 0 Å². The zero-order chi connectivity index (χ0) is 19.9. The van der Waals surface area contributed by atoms with Gasteiger partial charge in [0, 0.05) is 36.5 Å². The molecule has 0 saturated carbocycles. The van der Waals surface area contributed by atoms with Gasteiger partial charge in [-0.15, -0.1) is 0 Å². The molecule has 6 heteroatoms. The smallest absolute Gasteiger partial charge is 0.256 e. The van der Waals surface area contributed by atoms with E-state index in [2.05, 4.69) is 34.4 Å². The fourth-order valence-corrected chi connectivity index (χ4v) is 2.97. The third-order valence-electron chi connectivity index (χ3n) is 4.63. The number of aromatic amines is 1. The highest BCUT2D eigenvalue weighted by molar-refractivity contribution is 6.04. The summed E-state index contributed by atoms with van der Waals surface area (Å²) in [7, 11) is 3.69. The van der Waals surface area contributed by atoms with E-state index in [0.29, 0.717) is 11.4 Å². The van der Waals surface area contributed by atoms with Crippen molar-refractivity contribution in [2.45, 2.75) is 19.8 Å². The van der Waals surface area contributed by atoms with Gasteiger partial charge in [-0.2, -0.15) is 5.10 Å². The average molecular weight is 378 g/mol. The lowest BCUT2D eigenvalue weighted by Crippen LogP contribution is -2.18. The summed E-state index contributed by atoms with van der Waals surface area (Å²) in [5.41, 5.74) is 3.36. The number of amides is 1. The van der Waals surface area contributed by atoms with Crippen LogP contribution in [0.2, 0.25) is 0 Å². The Bertz CT molecular complexity index is 918. The first-order chi connectivity index (χ1) is 13.6. The molecular weight excluding hydrogens is 352 g/mol. The first kappa shape index (κ1) is 19.5. The lowest BCUT2D eigenvalue weighted by molar-refractivity contribution is 0.102. The normalized spacial score (nSPS) is 10.5. The fourth-order valence-electron chi connectivity index (χ4n) is 2.97. The minimum atomic E-state index is -0.194. The van der Waals surface area contributed by atoms with Gasteiger partial charge in [-0.3, -0.25) is 9.89 Å². The lowest BCUT2D eigenvalue weighted by atomic mass is 10.1. The van der Waals surface area contributed by atoms with E-state index in [1.807, 2.05) is 48.5 Å². The van der Waals surface area contributed by atoms with E-state index in [1.165, 1.54) is 0 Å². The van der Waals surface area contributed by atoms with Crippen LogP contribution in [0.25, 0.3) is 11.3 Å². The Morgan fingerprint density at radius 3 is 2.64 bits per heavy atom. The van der Waals surface area contributed by atoms with Crippen molar-refractivity contribution in [1.29, 1.82) is 0 Å². The zero-order valence-corrected chi connectivity index (χ0v) is 16.5. The molecule has 28 heavy (non-hydrogen) atoms. The summed E-state index contributed by atoms with van der Waals surface area (Å²) >= 11 is 0. The molecule has 1 aromatic heterocycles. The number of rotatable bonds is 8. The molecule has 0 spiro atoms. The number of unbranched alkanes of at least 4 members (excludes halogenated alkanes) is 1. The number of benzene rings is 2. The van der Waals surface area contributed by atoms with Crippen LogP contribution in [0.3, 0.4) is 0 Å². The van der Waals surface area contributed by atoms with E-state index in [1.54, 1.807) is 13.2 Å². The largest absolute Gasteiger partial charge is 0.496 e. The molecule has 0 atom stereocenters. The summed E-state index contributed by atoms with van der Waals surface area (Å²) in [6.07, 6.45) is 2.30.